The maximum Gasteiger partial charge on any atom is 0.257 e. The van der Waals surface area contributed by atoms with E-state index in [9.17, 15) is 0 Å². The molecule has 0 bridgehead atoms. The van der Waals surface area contributed by atoms with E-state index in [0.717, 1.165) is 50.5 Å². The van der Waals surface area contributed by atoms with Gasteiger partial charge in [0.05, 0.1) is 11.0 Å². The number of fused-ring (bicyclic) bond motifs is 11. The molecule has 2 aliphatic heterocycles. The van der Waals surface area contributed by atoms with E-state index in [4.69, 9.17) is 9.47 Å². The molecule has 250 valence electrons. The summed E-state index contributed by atoms with van der Waals surface area (Å²) in [5.41, 5.74) is 10.5. The van der Waals surface area contributed by atoms with Crippen LogP contribution in [0.5, 0.6) is 23.0 Å². The van der Waals surface area contributed by atoms with E-state index in [1.165, 1.54) is 52.9 Å². The van der Waals surface area contributed by atoms with E-state index in [-0.39, 0.29) is 13.4 Å². The van der Waals surface area contributed by atoms with E-state index in [2.05, 4.69) is 180 Å². The number of thiophene rings is 1. The van der Waals surface area contributed by atoms with Crippen molar-refractivity contribution < 1.29 is 9.47 Å². The summed E-state index contributed by atoms with van der Waals surface area (Å²) in [6.07, 6.45) is 0. The third-order valence-electron chi connectivity index (χ3n) is 11.5. The van der Waals surface area contributed by atoms with Crippen molar-refractivity contribution in [3.05, 3.63) is 176 Å². The van der Waals surface area contributed by atoms with Gasteiger partial charge in [0.2, 0.25) is 0 Å². The number of rotatable bonds is 3. The lowest BCUT2D eigenvalue weighted by molar-refractivity contribution is 0.469. The van der Waals surface area contributed by atoms with Crippen LogP contribution in [0.3, 0.4) is 0 Å². The summed E-state index contributed by atoms with van der Waals surface area (Å²) in [4.78, 5) is 0. The molecule has 6 heteroatoms. The zero-order valence-electron chi connectivity index (χ0n) is 29.1. The Hall–Kier alpha value is -6.49. The van der Waals surface area contributed by atoms with Crippen molar-refractivity contribution in [2.45, 2.75) is 0 Å². The lowest BCUT2D eigenvalue weighted by Crippen LogP contribution is -2.61. The van der Waals surface area contributed by atoms with Crippen LogP contribution in [0.1, 0.15) is 0 Å². The second kappa shape index (κ2) is 11.5. The Morgan fingerprint density at radius 3 is 1.74 bits per heavy atom. The molecule has 0 radical (unpaired) electrons. The highest BCUT2D eigenvalue weighted by Crippen LogP contribution is 2.37. The molecule has 0 aliphatic carbocycles. The Morgan fingerprint density at radius 1 is 0.389 bits per heavy atom. The van der Waals surface area contributed by atoms with Crippen LogP contribution >= 0.6 is 11.3 Å². The number of nitrogens with zero attached hydrogens (tertiary/aromatic N) is 1. The summed E-state index contributed by atoms with van der Waals surface area (Å²) in [7, 11) is 0. The van der Waals surface area contributed by atoms with Gasteiger partial charge in [-0.15, -0.1) is 11.3 Å². The molecule has 3 nitrogen and oxygen atoms in total. The van der Waals surface area contributed by atoms with Gasteiger partial charge in [0.25, 0.3) is 13.4 Å². The summed E-state index contributed by atoms with van der Waals surface area (Å²) in [6, 6.07) is 63.4. The first-order valence-corrected chi connectivity index (χ1v) is 19.3. The molecule has 0 spiro atoms. The smallest absolute Gasteiger partial charge is 0.257 e. The minimum atomic E-state index is -0.102. The van der Waals surface area contributed by atoms with Crippen LogP contribution in [0.4, 0.5) is 0 Å². The lowest BCUT2D eigenvalue weighted by atomic mass is 9.32. The topological polar surface area (TPSA) is 23.4 Å². The number of hydrogen-bond donors (Lipinski definition) is 0. The maximum atomic E-state index is 7.15. The number of hydrogen-bond acceptors (Lipinski definition) is 3. The van der Waals surface area contributed by atoms with Crippen molar-refractivity contribution in [3.8, 4) is 28.7 Å². The Bertz CT molecular complexity index is 3110. The summed E-state index contributed by atoms with van der Waals surface area (Å²) < 4.78 is 19.0. The van der Waals surface area contributed by atoms with Crippen LogP contribution in [0.2, 0.25) is 0 Å². The van der Waals surface area contributed by atoms with Crippen LogP contribution in [-0.2, 0) is 0 Å². The van der Waals surface area contributed by atoms with Gasteiger partial charge in [-0.25, -0.2) is 0 Å². The molecule has 2 aliphatic rings. The van der Waals surface area contributed by atoms with Gasteiger partial charge in [-0.1, -0.05) is 139 Å². The van der Waals surface area contributed by atoms with Crippen LogP contribution in [0.25, 0.3) is 47.7 Å². The van der Waals surface area contributed by atoms with E-state index in [0.29, 0.717) is 0 Å². The molecule has 12 rings (SSSR count). The Labute approximate surface area is 316 Å². The molecular weight excluding hydrogens is 676 g/mol. The second-order valence-electron chi connectivity index (χ2n) is 14.3. The summed E-state index contributed by atoms with van der Waals surface area (Å²) in [5.74, 6) is 3.48. The van der Waals surface area contributed by atoms with Crippen LogP contribution in [0, 0.1) is 0 Å². The highest BCUT2D eigenvalue weighted by molar-refractivity contribution is 7.27. The Balaban J connectivity index is 1.14. The molecule has 0 saturated carbocycles. The summed E-state index contributed by atoms with van der Waals surface area (Å²) in [5, 5.41) is 5.08. The Kier molecular flexibility index (Phi) is 6.40. The second-order valence-corrected chi connectivity index (χ2v) is 15.3. The predicted molar refractivity (Wildman–Crippen MR) is 229 cm³/mol. The molecule has 10 aromatic rings. The molecule has 4 heterocycles. The van der Waals surface area contributed by atoms with Crippen LogP contribution in [0.15, 0.2) is 176 Å². The normalized spacial score (nSPS) is 13.0. The van der Waals surface area contributed by atoms with Crippen molar-refractivity contribution >= 4 is 99.5 Å². The quantitative estimate of drug-likeness (QED) is 0.173. The number of aromatic nitrogens is 1. The highest BCUT2D eigenvalue weighted by Gasteiger charge is 2.42. The summed E-state index contributed by atoms with van der Waals surface area (Å²) >= 11 is 1.87. The lowest BCUT2D eigenvalue weighted by Gasteiger charge is -2.34. The largest absolute Gasteiger partial charge is 0.459 e. The van der Waals surface area contributed by atoms with Gasteiger partial charge < -0.3 is 14.0 Å². The molecule has 0 saturated heterocycles. The molecule has 0 unspecified atom stereocenters. The van der Waals surface area contributed by atoms with Crippen molar-refractivity contribution in [3.63, 3.8) is 0 Å². The predicted octanol–water partition coefficient (Wildman–Crippen LogP) is 8.40. The standard InChI is InChI=1S/C48H29B2NO2S/c1-7-22-39-30(14-1)31-15-2-8-23-40(31)51(39)41-24-9-4-18-34(41)49-35-19-5-11-26-43(35)53-47-37(49)28-29-44-46(47)50(36-20-6-10-25-42(36)52-44)38-21-13-17-33-32-16-3-12-27-45(32)54-48(33)38/h1-29H. The third kappa shape index (κ3) is 4.20. The highest BCUT2D eigenvalue weighted by atomic mass is 32.1. The summed E-state index contributed by atoms with van der Waals surface area (Å²) in [6.45, 7) is -0.195. The number of para-hydroxylation sites is 5. The van der Waals surface area contributed by atoms with E-state index in [1.807, 2.05) is 11.3 Å². The molecular formula is C48H29B2NO2S. The van der Waals surface area contributed by atoms with Crippen molar-refractivity contribution in [1.82, 2.24) is 4.57 Å². The monoisotopic (exact) mass is 705 g/mol. The van der Waals surface area contributed by atoms with E-state index >= 15 is 0 Å². The van der Waals surface area contributed by atoms with Crippen molar-refractivity contribution in [1.29, 1.82) is 0 Å². The zero-order chi connectivity index (χ0) is 35.3. The first-order valence-electron chi connectivity index (χ1n) is 18.5. The zero-order valence-corrected chi connectivity index (χ0v) is 29.9. The molecule has 54 heavy (non-hydrogen) atoms. The third-order valence-corrected chi connectivity index (χ3v) is 12.7. The average molecular weight is 705 g/mol. The Morgan fingerprint density at radius 2 is 0.963 bits per heavy atom. The van der Waals surface area contributed by atoms with Gasteiger partial charge in [-0.3, -0.25) is 0 Å². The van der Waals surface area contributed by atoms with Crippen LogP contribution < -0.4 is 42.3 Å². The first-order chi connectivity index (χ1) is 26.8. The van der Waals surface area contributed by atoms with Gasteiger partial charge in [-0.2, -0.15) is 0 Å². The van der Waals surface area contributed by atoms with E-state index in [1.54, 1.807) is 0 Å². The number of ether oxygens (including phenoxy) is 2. The molecule has 0 atom stereocenters. The van der Waals surface area contributed by atoms with Gasteiger partial charge in [0, 0.05) is 36.7 Å². The molecule has 8 aromatic carbocycles. The van der Waals surface area contributed by atoms with Crippen molar-refractivity contribution in [2.24, 2.45) is 0 Å². The fraction of sp³-hybridized carbons (Fsp3) is 0. The maximum absolute atomic E-state index is 7.15. The fourth-order valence-corrected chi connectivity index (χ4v) is 10.5. The SMILES string of the molecule is c1ccc2c(c1)Oc1c(ccc3c1B(c1cccc4c1sc1ccccc14)c1ccccc1O3)B2c1ccccc1-n1c2ccccc2c2ccccc21. The molecule has 0 N–H and O–H groups in total. The molecule has 0 amide bonds. The van der Waals surface area contributed by atoms with Crippen LogP contribution in [-0.4, -0.2) is 18.0 Å². The van der Waals surface area contributed by atoms with Gasteiger partial charge in [0.15, 0.2) is 0 Å². The minimum absolute atomic E-state index is 0.0932. The molecule has 2 aromatic heterocycles. The van der Waals surface area contributed by atoms with E-state index < -0.39 is 0 Å². The first kappa shape index (κ1) is 30.0. The number of benzene rings is 8. The van der Waals surface area contributed by atoms with Gasteiger partial charge in [-0.05, 0) is 69.7 Å². The van der Waals surface area contributed by atoms with Crippen molar-refractivity contribution in [2.75, 3.05) is 0 Å². The molecule has 0 fully saturated rings. The fourth-order valence-electron chi connectivity index (χ4n) is 9.25. The minimum Gasteiger partial charge on any atom is -0.459 e. The van der Waals surface area contributed by atoms with Gasteiger partial charge in [0.1, 0.15) is 23.0 Å². The average Bonchev–Trinajstić information content (AvgIpc) is 3.78. The van der Waals surface area contributed by atoms with Gasteiger partial charge >= 0.3 is 0 Å².